The summed E-state index contributed by atoms with van der Waals surface area (Å²) >= 11 is 0. The van der Waals surface area contributed by atoms with Crippen molar-refractivity contribution in [3.8, 4) is 0 Å². The number of hydrogen-bond donors (Lipinski definition) is 1. The SMILES string of the molecule is CCCC(=O)N1CCNCC1c1cccnc1. The summed E-state index contributed by atoms with van der Waals surface area (Å²) in [7, 11) is 0. The maximum atomic E-state index is 12.1. The largest absolute Gasteiger partial charge is 0.333 e. The molecule has 1 unspecified atom stereocenters. The van der Waals surface area contributed by atoms with Crippen LogP contribution in [0.15, 0.2) is 24.5 Å². The minimum Gasteiger partial charge on any atom is -0.333 e. The normalized spacial score (nSPS) is 20.3. The molecule has 1 aromatic heterocycles. The number of pyridine rings is 1. The third kappa shape index (κ3) is 2.82. The number of amides is 1. The lowest BCUT2D eigenvalue weighted by Gasteiger charge is -2.36. The van der Waals surface area contributed by atoms with Crippen molar-refractivity contribution in [3.05, 3.63) is 30.1 Å². The number of nitrogens with zero attached hydrogens (tertiary/aromatic N) is 2. The summed E-state index contributed by atoms with van der Waals surface area (Å²) in [4.78, 5) is 18.2. The number of aromatic nitrogens is 1. The lowest BCUT2D eigenvalue weighted by Crippen LogP contribution is -2.48. The summed E-state index contributed by atoms with van der Waals surface area (Å²) < 4.78 is 0. The fourth-order valence-electron chi connectivity index (χ4n) is 2.23. The topological polar surface area (TPSA) is 45.2 Å². The standard InChI is InChI=1S/C13H19N3O/c1-2-4-13(17)16-8-7-15-10-12(16)11-5-3-6-14-9-11/h3,5-6,9,12,15H,2,4,7-8,10H2,1H3. The van der Waals surface area contributed by atoms with Crippen molar-refractivity contribution < 1.29 is 4.79 Å². The molecule has 0 radical (unpaired) electrons. The zero-order valence-electron chi connectivity index (χ0n) is 10.2. The lowest BCUT2D eigenvalue weighted by atomic mass is 10.0. The van der Waals surface area contributed by atoms with Gasteiger partial charge in [0.05, 0.1) is 6.04 Å². The predicted octanol–water partition coefficient (Wildman–Crippen LogP) is 1.35. The van der Waals surface area contributed by atoms with Crippen LogP contribution in [0.1, 0.15) is 31.4 Å². The molecular formula is C13H19N3O. The van der Waals surface area contributed by atoms with Gasteiger partial charge in [-0.1, -0.05) is 13.0 Å². The van der Waals surface area contributed by atoms with Gasteiger partial charge in [-0.25, -0.2) is 0 Å². The van der Waals surface area contributed by atoms with E-state index in [1.807, 2.05) is 30.2 Å². The van der Waals surface area contributed by atoms with Gasteiger partial charge in [0.1, 0.15) is 0 Å². The van der Waals surface area contributed by atoms with E-state index in [1.54, 1.807) is 6.20 Å². The van der Waals surface area contributed by atoms with Gasteiger partial charge in [-0.05, 0) is 18.1 Å². The van der Waals surface area contributed by atoms with Crippen molar-refractivity contribution in [2.45, 2.75) is 25.8 Å². The van der Waals surface area contributed by atoms with Crippen LogP contribution in [-0.4, -0.2) is 35.4 Å². The molecule has 0 spiro atoms. The summed E-state index contributed by atoms with van der Waals surface area (Å²) in [5.41, 5.74) is 1.11. The van der Waals surface area contributed by atoms with Gasteiger partial charge >= 0.3 is 0 Å². The van der Waals surface area contributed by atoms with E-state index in [0.29, 0.717) is 6.42 Å². The number of hydrogen-bond acceptors (Lipinski definition) is 3. The van der Waals surface area contributed by atoms with Crippen molar-refractivity contribution in [1.29, 1.82) is 0 Å². The van der Waals surface area contributed by atoms with Gasteiger partial charge < -0.3 is 10.2 Å². The number of nitrogens with one attached hydrogen (secondary N) is 1. The van der Waals surface area contributed by atoms with Crippen molar-refractivity contribution in [3.63, 3.8) is 0 Å². The fraction of sp³-hybridized carbons (Fsp3) is 0.538. The van der Waals surface area contributed by atoms with E-state index in [-0.39, 0.29) is 11.9 Å². The highest BCUT2D eigenvalue weighted by Gasteiger charge is 2.27. The summed E-state index contributed by atoms with van der Waals surface area (Å²) in [5, 5.41) is 3.34. The molecule has 4 heteroatoms. The number of rotatable bonds is 3. The second-order valence-corrected chi connectivity index (χ2v) is 4.34. The van der Waals surface area contributed by atoms with Crippen molar-refractivity contribution in [2.75, 3.05) is 19.6 Å². The summed E-state index contributed by atoms with van der Waals surface area (Å²) in [5.74, 6) is 0.253. The molecule has 1 saturated heterocycles. The van der Waals surface area contributed by atoms with Crippen LogP contribution < -0.4 is 5.32 Å². The highest BCUT2D eigenvalue weighted by atomic mass is 16.2. The molecule has 4 nitrogen and oxygen atoms in total. The van der Waals surface area contributed by atoms with Crippen LogP contribution >= 0.6 is 0 Å². The number of carbonyl (C=O) groups excluding carboxylic acids is 1. The van der Waals surface area contributed by atoms with Crippen LogP contribution in [-0.2, 0) is 4.79 Å². The molecule has 0 bridgehead atoms. The Labute approximate surface area is 102 Å². The molecule has 2 rings (SSSR count). The molecule has 1 fully saturated rings. The minimum atomic E-state index is 0.136. The number of piperazine rings is 1. The van der Waals surface area contributed by atoms with Crippen LogP contribution in [0.25, 0.3) is 0 Å². The Kier molecular flexibility index (Phi) is 4.09. The lowest BCUT2D eigenvalue weighted by molar-refractivity contribution is -0.134. The first-order chi connectivity index (χ1) is 8.33. The fourth-order valence-corrected chi connectivity index (χ4v) is 2.23. The maximum absolute atomic E-state index is 12.1. The zero-order valence-corrected chi connectivity index (χ0v) is 10.2. The summed E-state index contributed by atoms with van der Waals surface area (Å²) in [6.07, 6.45) is 5.15. The average Bonchev–Trinajstić information content (AvgIpc) is 2.40. The Morgan fingerprint density at radius 2 is 2.53 bits per heavy atom. The maximum Gasteiger partial charge on any atom is 0.223 e. The van der Waals surface area contributed by atoms with Crippen LogP contribution in [0.5, 0.6) is 0 Å². The second-order valence-electron chi connectivity index (χ2n) is 4.34. The monoisotopic (exact) mass is 233 g/mol. The summed E-state index contributed by atoms with van der Waals surface area (Å²) in [6.45, 7) is 4.53. The molecule has 1 aliphatic heterocycles. The van der Waals surface area contributed by atoms with Crippen LogP contribution in [0.4, 0.5) is 0 Å². The van der Waals surface area contributed by atoms with Gasteiger partial charge in [0.25, 0.3) is 0 Å². The van der Waals surface area contributed by atoms with Gasteiger partial charge in [-0.15, -0.1) is 0 Å². The van der Waals surface area contributed by atoms with E-state index in [4.69, 9.17) is 0 Å². The third-order valence-electron chi connectivity index (χ3n) is 3.10. The van der Waals surface area contributed by atoms with E-state index in [9.17, 15) is 4.79 Å². The van der Waals surface area contributed by atoms with Gasteiger partial charge in [0.2, 0.25) is 5.91 Å². The first-order valence-corrected chi connectivity index (χ1v) is 6.23. The Morgan fingerprint density at radius 3 is 3.24 bits per heavy atom. The molecular weight excluding hydrogens is 214 g/mol. The summed E-state index contributed by atoms with van der Waals surface area (Å²) in [6, 6.07) is 4.10. The molecule has 92 valence electrons. The van der Waals surface area contributed by atoms with Gasteiger partial charge in [0, 0.05) is 38.4 Å². The Bertz CT molecular complexity index is 366. The van der Waals surface area contributed by atoms with E-state index >= 15 is 0 Å². The van der Waals surface area contributed by atoms with Crippen molar-refractivity contribution >= 4 is 5.91 Å². The zero-order chi connectivity index (χ0) is 12.1. The molecule has 0 aliphatic carbocycles. The van der Waals surface area contributed by atoms with Crippen LogP contribution in [0.2, 0.25) is 0 Å². The molecule has 2 heterocycles. The molecule has 1 atom stereocenters. The Morgan fingerprint density at radius 1 is 1.65 bits per heavy atom. The van der Waals surface area contributed by atoms with Crippen LogP contribution in [0, 0.1) is 0 Å². The molecule has 0 aromatic carbocycles. The quantitative estimate of drug-likeness (QED) is 0.857. The van der Waals surface area contributed by atoms with Gasteiger partial charge in [-0.2, -0.15) is 0 Å². The van der Waals surface area contributed by atoms with Crippen molar-refractivity contribution in [1.82, 2.24) is 15.2 Å². The second kappa shape index (κ2) is 5.77. The van der Waals surface area contributed by atoms with E-state index in [1.165, 1.54) is 0 Å². The highest BCUT2D eigenvalue weighted by Crippen LogP contribution is 2.22. The van der Waals surface area contributed by atoms with E-state index in [0.717, 1.165) is 31.6 Å². The van der Waals surface area contributed by atoms with E-state index < -0.39 is 0 Å². The Balaban J connectivity index is 2.15. The van der Waals surface area contributed by atoms with Gasteiger partial charge in [-0.3, -0.25) is 9.78 Å². The first-order valence-electron chi connectivity index (χ1n) is 6.23. The molecule has 1 aliphatic rings. The average molecular weight is 233 g/mol. The highest BCUT2D eigenvalue weighted by molar-refractivity contribution is 5.76. The van der Waals surface area contributed by atoms with Gasteiger partial charge in [0.15, 0.2) is 0 Å². The first kappa shape index (κ1) is 12.0. The Hall–Kier alpha value is -1.42. The molecule has 1 aromatic rings. The third-order valence-corrected chi connectivity index (χ3v) is 3.10. The number of carbonyl (C=O) groups is 1. The molecule has 17 heavy (non-hydrogen) atoms. The molecule has 0 saturated carbocycles. The van der Waals surface area contributed by atoms with Crippen molar-refractivity contribution in [2.24, 2.45) is 0 Å². The van der Waals surface area contributed by atoms with Crippen LogP contribution in [0.3, 0.4) is 0 Å². The minimum absolute atomic E-state index is 0.136. The predicted molar refractivity (Wildman–Crippen MR) is 66.5 cm³/mol. The smallest absolute Gasteiger partial charge is 0.223 e. The molecule has 1 N–H and O–H groups in total. The molecule has 1 amide bonds. The van der Waals surface area contributed by atoms with E-state index in [2.05, 4.69) is 10.3 Å².